The van der Waals surface area contributed by atoms with Gasteiger partial charge in [0.1, 0.15) is 5.58 Å². The molecule has 1 N–H and O–H groups in total. The minimum Gasteiger partial charge on any atom is -0.422 e. The van der Waals surface area contributed by atoms with Gasteiger partial charge in [0.25, 0.3) is 0 Å². The summed E-state index contributed by atoms with van der Waals surface area (Å²) >= 11 is 0. The Bertz CT molecular complexity index is 862. The SMILES string of the molecule is CC(=NO)c1cc2c(ccc3ccccc32)oc1=O. The van der Waals surface area contributed by atoms with Gasteiger partial charge in [0.05, 0.1) is 11.3 Å². The highest BCUT2D eigenvalue weighted by molar-refractivity contribution is 6.08. The van der Waals surface area contributed by atoms with Crippen molar-refractivity contribution in [3.63, 3.8) is 0 Å². The molecule has 0 aliphatic carbocycles. The molecule has 3 rings (SSSR count). The number of hydrogen-bond acceptors (Lipinski definition) is 4. The van der Waals surface area contributed by atoms with Gasteiger partial charge in [-0.25, -0.2) is 4.79 Å². The second-order valence-electron chi connectivity index (χ2n) is 4.33. The Labute approximate surface area is 108 Å². The second-order valence-corrected chi connectivity index (χ2v) is 4.33. The monoisotopic (exact) mass is 253 g/mol. The van der Waals surface area contributed by atoms with Crippen LogP contribution in [-0.2, 0) is 0 Å². The van der Waals surface area contributed by atoms with Crippen molar-refractivity contribution >= 4 is 27.5 Å². The van der Waals surface area contributed by atoms with Crippen LogP contribution in [0.15, 0.2) is 56.8 Å². The van der Waals surface area contributed by atoms with E-state index in [0.717, 1.165) is 16.2 Å². The molecule has 0 saturated carbocycles. The van der Waals surface area contributed by atoms with Crippen molar-refractivity contribution in [3.8, 4) is 0 Å². The van der Waals surface area contributed by atoms with E-state index in [9.17, 15) is 4.79 Å². The van der Waals surface area contributed by atoms with Gasteiger partial charge < -0.3 is 9.62 Å². The summed E-state index contributed by atoms with van der Waals surface area (Å²) in [5.41, 5.74) is 0.534. The standard InChI is InChI=1S/C15H11NO3/c1-9(16-18)12-8-13-11-5-3-2-4-10(11)6-7-14(13)19-15(12)17/h2-8,18H,1H3. The first-order valence-electron chi connectivity index (χ1n) is 5.85. The maximum absolute atomic E-state index is 11.8. The predicted molar refractivity (Wildman–Crippen MR) is 74.0 cm³/mol. The molecule has 1 aromatic heterocycles. The molecule has 0 saturated heterocycles. The fraction of sp³-hybridized carbons (Fsp3) is 0.0667. The normalized spacial score (nSPS) is 12.2. The van der Waals surface area contributed by atoms with Gasteiger partial charge in [-0.3, -0.25) is 0 Å². The molecule has 4 heteroatoms. The van der Waals surface area contributed by atoms with E-state index in [1.807, 2.05) is 30.3 Å². The van der Waals surface area contributed by atoms with Crippen molar-refractivity contribution in [3.05, 3.63) is 58.4 Å². The summed E-state index contributed by atoms with van der Waals surface area (Å²) in [5, 5.41) is 14.8. The van der Waals surface area contributed by atoms with Gasteiger partial charge in [0.2, 0.25) is 0 Å². The lowest BCUT2D eigenvalue weighted by Gasteiger charge is -2.04. The topological polar surface area (TPSA) is 62.8 Å². The highest BCUT2D eigenvalue weighted by Crippen LogP contribution is 2.24. The number of benzene rings is 2. The molecule has 1 heterocycles. The summed E-state index contributed by atoms with van der Waals surface area (Å²) in [6.07, 6.45) is 0. The number of nitrogens with zero attached hydrogens (tertiary/aromatic N) is 1. The van der Waals surface area contributed by atoms with Crippen LogP contribution in [0.1, 0.15) is 12.5 Å². The molecule has 94 valence electrons. The number of hydrogen-bond donors (Lipinski definition) is 1. The minimum atomic E-state index is -0.502. The van der Waals surface area contributed by atoms with Crippen molar-refractivity contribution in [2.24, 2.45) is 5.16 Å². The van der Waals surface area contributed by atoms with E-state index in [1.54, 1.807) is 19.1 Å². The van der Waals surface area contributed by atoms with E-state index in [2.05, 4.69) is 5.16 Å². The zero-order chi connectivity index (χ0) is 13.4. The Hall–Kier alpha value is -2.62. The molecule has 0 unspecified atom stereocenters. The summed E-state index contributed by atoms with van der Waals surface area (Å²) in [5.74, 6) is 0. The lowest BCUT2D eigenvalue weighted by Crippen LogP contribution is -2.12. The highest BCUT2D eigenvalue weighted by atomic mass is 16.4. The summed E-state index contributed by atoms with van der Waals surface area (Å²) in [6, 6.07) is 13.2. The number of fused-ring (bicyclic) bond motifs is 3. The Morgan fingerprint density at radius 1 is 1.16 bits per heavy atom. The first kappa shape index (κ1) is 11.5. The quantitative estimate of drug-likeness (QED) is 0.238. The van der Waals surface area contributed by atoms with Gasteiger partial charge in [0.15, 0.2) is 0 Å². The third-order valence-corrected chi connectivity index (χ3v) is 3.18. The zero-order valence-corrected chi connectivity index (χ0v) is 10.3. The number of rotatable bonds is 1. The van der Waals surface area contributed by atoms with Gasteiger partial charge in [-0.1, -0.05) is 35.5 Å². The highest BCUT2D eigenvalue weighted by Gasteiger charge is 2.10. The van der Waals surface area contributed by atoms with Gasteiger partial charge >= 0.3 is 5.63 Å². The van der Waals surface area contributed by atoms with E-state index >= 15 is 0 Å². The summed E-state index contributed by atoms with van der Waals surface area (Å²) in [4.78, 5) is 11.8. The van der Waals surface area contributed by atoms with Crippen molar-refractivity contribution in [2.75, 3.05) is 0 Å². The smallest absolute Gasteiger partial charge is 0.345 e. The summed E-state index contributed by atoms with van der Waals surface area (Å²) < 4.78 is 5.28. The summed E-state index contributed by atoms with van der Waals surface area (Å²) in [7, 11) is 0. The van der Waals surface area contributed by atoms with Crippen LogP contribution in [0.2, 0.25) is 0 Å². The maximum Gasteiger partial charge on any atom is 0.345 e. The summed E-state index contributed by atoms with van der Waals surface area (Å²) in [6.45, 7) is 1.56. The van der Waals surface area contributed by atoms with Crippen molar-refractivity contribution in [1.82, 2.24) is 0 Å². The van der Waals surface area contributed by atoms with E-state index in [4.69, 9.17) is 9.62 Å². The molecule has 0 bridgehead atoms. The second kappa shape index (κ2) is 4.24. The van der Waals surface area contributed by atoms with E-state index in [1.165, 1.54) is 0 Å². The van der Waals surface area contributed by atoms with E-state index < -0.39 is 5.63 Å². The van der Waals surface area contributed by atoms with Gasteiger partial charge in [-0.05, 0) is 29.8 Å². The predicted octanol–water partition coefficient (Wildman–Crippen LogP) is 3.14. The van der Waals surface area contributed by atoms with Crippen molar-refractivity contribution in [1.29, 1.82) is 0 Å². The van der Waals surface area contributed by atoms with E-state index in [0.29, 0.717) is 5.58 Å². The van der Waals surface area contributed by atoms with Crippen LogP contribution in [0, 0.1) is 0 Å². The molecule has 19 heavy (non-hydrogen) atoms. The Morgan fingerprint density at radius 3 is 2.74 bits per heavy atom. The molecule has 0 radical (unpaired) electrons. The first-order valence-corrected chi connectivity index (χ1v) is 5.85. The fourth-order valence-corrected chi connectivity index (χ4v) is 2.18. The average Bonchev–Trinajstić information content (AvgIpc) is 2.45. The van der Waals surface area contributed by atoms with Gasteiger partial charge in [0, 0.05) is 5.39 Å². The molecule has 0 aliphatic heterocycles. The van der Waals surface area contributed by atoms with Crippen molar-refractivity contribution < 1.29 is 9.62 Å². The third-order valence-electron chi connectivity index (χ3n) is 3.18. The molecular formula is C15H11NO3. The molecule has 2 aromatic carbocycles. The molecule has 0 fully saturated rings. The van der Waals surface area contributed by atoms with Crippen LogP contribution in [0.5, 0.6) is 0 Å². The average molecular weight is 253 g/mol. The zero-order valence-electron chi connectivity index (χ0n) is 10.3. The molecule has 0 atom stereocenters. The van der Waals surface area contributed by atoms with Crippen LogP contribution >= 0.6 is 0 Å². The third kappa shape index (κ3) is 1.78. The van der Waals surface area contributed by atoms with Crippen LogP contribution in [-0.4, -0.2) is 10.9 Å². The van der Waals surface area contributed by atoms with Crippen LogP contribution < -0.4 is 5.63 Å². The molecular weight excluding hydrogens is 242 g/mol. The first-order chi connectivity index (χ1) is 9.20. The minimum absolute atomic E-state index is 0.239. The van der Waals surface area contributed by atoms with E-state index in [-0.39, 0.29) is 11.3 Å². The molecule has 0 aliphatic rings. The lowest BCUT2D eigenvalue weighted by atomic mass is 10.0. The molecule has 0 amide bonds. The van der Waals surface area contributed by atoms with Crippen molar-refractivity contribution in [2.45, 2.75) is 6.92 Å². The Balaban J connectivity index is 2.48. The van der Waals surface area contributed by atoms with Crippen LogP contribution in [0.3, 0.4) is 0 Å². The Morgan fingerprint density at radius 2 is 1.95 bits per heavy atom. The molecule has 4 nitrogen and oxygen atoms in total. The van der Waals surface area contributed by atoms with Gasteiger partial charge in [-0.2, -0.15) is 0 Å². The maximum atomic E-state index is 11.8. The fourth-order valence-electron chi connectivity index (χ4n) is 2.18. The lowest BCUT2D eigenvalue weighted by molar-refractivity contribution is 0.319. The van der Waals surface area contributed by atoms with Crippen LogP contribution in [0.25, 0.3) is 21.7 Å². The Kier molecular flexibility index (Phi) is 2.56. The van der Waals surface area contributed by atoms with Gasteiger partial charge in [-0.15, -0.1) is 0 Å². The molecule has 0 spiro atoms. The van der Waals surface area contributed by atoms with Crippen LogP contribution in [0.4, 0.5) is 0 Å². The molecule has 3 aromatic rings. The largest absolute Gasteiger partial charge is 0.422 e. The number of oxime groups is 1.